The van der Waals surface area contributed by atoms with E-state index in [-0.39, 0.29) is 5.91 Å². The Morgan fingerprint density at radius 3 is 2.54 bits per heavy atom. The molecule has 24 heavy (non-hydrogen) atoms. The van der Waals surface area contributed by atoms with Crippen molar-refractivity contribution in [3.8, 4) is 5.75 Å². The number of rotatable bonds is 5. The summed E-state index contributed by atoms with van der Waals surface area (Å²) in [6.07, 6.45) is -0.732. The van der Waals surface area contributed by atoms with Crippen molar-refractivity contribution < 1.29 is 19.1 Å². The molecule has 0 saturated carbocycles. The topological polar surface area (TPSA) is 64.6 Å². The fraction of sp³-hybridized carbons (Fsp3) is 0.222. The van der Waals surface area contributed by atoms with E-state index in [0.29, 0.717) is 27.6 Å². The van der Waals surface area contributed by atoms with Gasteiger partial charge in [-0.3, -0.25) is 4.79 Å². The van der Waals surface area contributed by atoms with Crippen LogP contribution in [0.5, 0.6) is 5.75 Å². The average molecular weight is 348 g/mol. The van der Waals surface area contributed by atoms with Crippen molar-refractivity contribution in [2.24, 2.45) is 0 Å². The first kappa shape index (κ1) is 17.8. The lowest BCUT2D eigenvalue weighted by Crippen LogP contribution is -2.30. The minimum absolute atomic E-state index is 0.333. The Labute approximate surface area is 145 Å². The second kappa shape index (κ2) is 7.84. The maximum atomic E-state index is 12.3. The molecule has 0 spiro atoms. The number of nitrogens with one attached hydrogen (secondary N) is 1. The SMILES string of the molecule is COC(=O)c1cccc(NC(=O)C(C)Oc2cccc(Cl)c2)c1C. The second-order valence-corrected chi connectivity index (χ2v) is 5.61. The lowest BCUT2D eigenvalue weighted by Gasteiger charge is -2.16. The molecule has 0 aliphatic rings. The van der Waals surface area contributed by atoms with E-state index in [4.69, 9.17) is 21.1 Å². The Morgan fingerprint density at radius 1 is 1.17 bits per heavy atom. The molecule has 6 heteroatoms. The molecule has 0 aliphatic heterocycles. The Balaban J connectivity index is 2.10. The summed E-state index contributed by atoms with van der Waals surface area (Å²) < 4.78 is 10.3. The third-order valence-corrected chi connectivity index (χ3v) is 3.71. The maximum Gasteiger partial charge on any atom is 0.338 e. The van der Waals surface area contributed by atoms with Gasteiger partial charge in [-0.1, -0.05) is 23.7 Å². The Morgan fingerprint density at radius 2 is 1.88 bits per heavy atom. The van der Waals surface area contributed by atoms with Gasteiger partial charge >= 0.3 is 5.97 Å². The monoisotopic (exact) mass is 347 g/mol. The summed E-state index contributed by atoms with van der Waals surface area (Å²) in [6.45, 7) is 3.38. The van der Waals surface area contributed by atoms with E-state index in [1.165, 1.54) is 7.11 Å². The van der Waals surface area contributed by atoms with Crippen LogP contribution in [0.2, 0.25) is 5.02 Å². The van der Waals surface area contributed by atoms with Crippen molar-refractivity contribution >= 4 is 29.2 Å². The first-order chi connectivity index (χ1) is 11.4. The van der Waals surface area contributed by atoms with E-state index in [2.05, 4.69) is 5.32 Å². The van der Waals surface area contributed by atoms with Crippen molar-refractivity contribution in [2.75, 3.05) is 12.4 Å². The third kappa shape index (κ3) is 4.26. The fourth-order valence-corrected chi connectivity index (χ4v) is 2.31. The number of benzene rings is 2. The lowest BCUT2D eigenvalue weighted by molar-refractivity contribution is -0.122. The predicted octanol–water partition coefficient (Wildman–Crippen LogP) is 3.84. The molecule has 5 nitrogen and oxygen atoms in total. The summed E-state index contributed by atoms with van der Waals surface area (Å²) in [7, 11) is 1.31. The van der Waals surface area contributed by atoms with Gasteiger partial charge in [-0.15, -0.1) is 0 Å². The minimum Gasteiger partial charge on any atom is -0.481 e. The van der Waals surface area contributed by atoms with Gasteiger partial charge in [0.2, 0.25) is 0 Å². The van der Waals surface area contributed by atoms with E-state index in [1.807, 2.05) is 0 Å². The van der Waals surface area contributed by atoms with Crippen LogP contribution in [0.15, 0.2) is 42.5 Å². The lowest BCUT2D eigenvalue weighted by atomic mass is 10.1. The fourth-order valence-electron chi connectivity index (χ4n) is 2.13. The minimum atomic E-state index is -0.732. The third-order valence-electron chi connectivity index (χ3n) is 3.48. The molecule has 0 heterocycles. The van der Waals surface area contributed by atoms with Crippen LogP contribution in [-0.4, -0.2) is 25.1 Å². The van der Waals surface area contributed by atoms with Crippen molar-refractivity contribution in [1.82, 2.24) is 0 Å². The van der Waals surface area contributed by atoms with Crippen LogP contribution in [-0.2, 0) is 9.53 Å². The van der Waals surface area contributed by atoms with E-state index in [0.717, 1.165) is 0 Å². The average Bonchev–Trinajstić information content (AvgIpc) is 2.56. The zero-order valence-corrected chi connectivity index (χ0v) is 14.4. The molecule has 1 unspecified atom stereocenters. The zero-order valence-electron chi connectivity index (χ0n) is 13.6. The van der Waals surface area contributed by atoms with Gasteiger partial charge in [0, 0.05) is 10.7 Å². The molecule has 0 fully saturated rings. The van der Waals surface area contributed by atoms with Gasteiger partial charge in [0.15, 0.2) is 6.10 Å². The molecular weight excluding hydrogens is 330 g/mol. The number of ether oxygens (including phenoxy) is 2. The van der Waals surface area contributed by atoms with Crippen molar-refractivity contribution in [3.05, 3.63) is 58.6 Å². The van der Waals surface area contributed by atoms with Crippen LogP contribution >= 0.6 is 11.6 Å². The number of hydrogen-bond donors (Lipinski definition) is 1. The molecule has 0 saturated heterocycles. The highest BCUT2D eigenvalue weighted by Crippen LogP contribution is 2.21. The van der Waals surface area contributed by atoms with Gasteiger partial charge in [-0.25, -0.2) is 4.79 Å². The second-order valence-electron chi connectivity index (χ2n) is 5.18. The van der Waals surface area contributed by atoms with Crippen LogP contribution in [0.25, 0.3) is 0 Å². The highest BCUT2D eigenvalue weighted by atomic mass is 35.5. The van der Waals surface area contributed by atoms with Gasteiger partial charge in [0.05, 0.1) is 12.7 Å². The largest absolute Gasteiger partial charge is 0.481 e. The maximum absolute atomic E-state index is 12.3. The molecule has 126 valence electrons. The molecule has 1 N–H and O–H groups in total. The van der Waals surface area contributed by atoms with Crippen LogP contribution in [0.4, 0.5) is 5.69 Å². The molecule has 2 aromatic rings. The predicted molar refractivity (Wildman–Crippen MR) is 92.7 cm³/mol. The van der Waals surface area contributed by atoms with Gasteiger partial charge in [-0.2, -0.15) is 0 Å². The molecule has 0 aliphatic carbocycles. The molecule has 2 aromatic carbocycles. The molecule has 0 aromatic heterocycles. The molecule has 1 amide bonds. The molecule has 0 radical (unpaired) electrons. The standard InChI is InChI=1S/C18H18ClNO4/c1-11-15(18(22)23-3)8-5-9-16(11)20-17(21)12(2)24-14-7-4-6-13(19)10-14/h4-10,12H,1-3H3,(H,20,21). The number of hydrogen-bond acceptors (Lipinski definition) is 4. The molecule has 2 rings (SSSR count). The smallest absolute Gasteiger partial charge is 0.338 e. The van der Waals surface area contributed by atoms with Crippen LogP contribution in [0.3, 0.4) is 0 Å². The highest BCUT2D eigenvalue weighted by molar-refractivity contribution is 6.30. The van der Waals surface area contributed by atoms with Gasteiger partial charge in [-0.05, 0) is 49.7 Å². The number of esters is 1. The summed E-state index contributed by atoms with van der Waals surface area (Å²) in [5.74, 6) is -0.280. The Hall–Kier alpha value is -2.53. The number of anilines is 1. The zero-order chi connectivity index (χ0) is 17.7. The molecular formula is C18H18ClNO4. The molecule has 1 atom stereocenters. The summed E-state index contributed by atoms with van der Waals surface area (Å²) in [6, 6.07) is 11.9. The Bertz CT molecular complexity index is 760. The number of methoxy groups -OCH3 is 1. The van der Waals surface area contributed by atoms with E-state index >= 15 is 0 Å². The van der Waals surface area contributed by atoms with Crippen LogP contribution < -0.4 is 10.1 Å². The summed E-state index contributed by atoms with van der Waals surface area (Å²) in [5, 5.41) is 3.29. The van der Waals surface area contributed by atoms with Crippen LogP contribution in [0, 0.1) is 6.92 Å². The van der Waals surface area contributed by atoms with Crippen molar-refractivity contribution in [2.45, 2.75) is 20.0 Å². The quantitative estimate of drug-likeness (QED) is 0.834. The first-order valence-electron chi connectivity index (χ1n) is 7.33. The number of carbonyl (C=O) groups is 2. The van der Waals surface area contributed by atoms with Gasteiger partial charge in [0.1, 0.15) is 5.75 Å². The van der Waals surface area contributed by atoms with Gasteiger partial charge < -0.3 is 14.8 Å². The highest BCUT2D eigenvalue weighted by Gasteiger charge is 2.18. The number of carbonyl (C=O) groups excluding carboxylic acids is 2. The van der Waals surface area contributed by atoms with E-state index < -0.39 is 12.1 Å². The summed E-state index contributed by atoms with van der Waals surface area (Å²) >= 11 is 5.89. The number of amides is 1. The van der Waals surface area contributed by atoms with Crippen molar-refractivity contribution in [3.63, 3.8) is 0 Å². The van der Waals surface area contributed by atoms with Gasteiger partial charge in [0.25, 0.3) is 5.91 Å². The normalized spacial score (nSPS) is 11.5. The Kier molecular flexibility index (Phi) is 5.82. The van der Waals surface area contributed by atoms with E-state index in [9.17, 15) is 9.59 Å². The number of halogens is 1. The van der Waals surface area contributed by atoms with Crippen molar-refractivity contribution in [1.29, 1.82) is 0 Å². The molecule has 0 bridgehead atoms. The summed E-state index contributed by atoms with van der Waals surface area (Å²) in [5.41, 5.74) is 1.57. The first-order valence-corrected chi connectivity index (χ1v) is 7.71. The summed E-state index contributed by atoms with van der Waals surface area (Å²) in [4.78, 5) is 24.0. The van der Waals surface area contributed by atoms with E-state index in [1.54, 1.807) is 56.3 Å². The van der Waals surface area contributed by atoms with Crippen LogP contribution in [0.1, 0.15) is 22.8 Å².